The van der Waals surface area contributed by atoms with E-state index >= 15 is 0 Å². The predicted octanol–water partition coefficient (Wildman–Crippen LogP) is 5.76. The van der Waals surface area contributed by atoms with Gasteiger partial charge in [0.2, 0.25) is 0 Å². The number of rotatable bonds is 1. The van der Waals surface area contributed by atoms with Gasteiger partial charge in [0.15, 0.2) is 0 Å². The molecule has 9 atom stereocenters. The maximum atomic E-state index is 3.35. The van der Waals surface area contributed by atoms with E-state index in [2.05, 4.69) is 188 Å². The maximum Gasteiger partial charge on any atom is -1.00 e. The van der Waals surface area contributed by atoms with Crippen LogP contribution in [0.5, 0.6) is 0 Å². The second kappa shape index (κ2) is 13.5. The third-order valence-electron chi connectivity index (χ3n) is 14.2. The van der Waals surface area contributed by atoms with E-state index < -0.39 is 0 Å². The molecular formula is C43H60Cl2Zr-2. The van der Waals surface area contributed by atoms with Gasteiger partial charge in [-0.25, -0.2) is 6.08 Å². The molecule has 2 fully saturated rings. The van der Waals surface area contributed by atoms with Gasteiger partial charge in [-0.05, 0) is 28.6 Å². The van der Waals surface area contributed by atoms with Crippen LogP contribution in [0.3, 0.4) is 0 Å². The summed E-state index contributed by atoms with van der Waals surface area (Å²) in [5.41, 5.74) is 3.47. The summed E-state index contributed by atoms with van der Waals surface area (Å²) in [6.07, 6.45) is 38.3. The first kappa shape index (κ1) is 41.4. The molecular weight excluding hydrogens is 679 g/mol. The molecule has 6 aliphatic carbocycles. The fourth-order valence-electron chi connectivity index (χ4n) is 10.5. The van der Waals surface area contributed by atoms with Crippen LogP contribution in [0, 0.1) is 67.7 Å². The second-order valence-electron chi connectivity index (χ2n) is 16.9. The van der Waals surface area contributed by atoms with Gasteiger partial charge in [-0.1, -0.05) is 160 Å². The molecule has 3 heteroatoms. The predicted molar refractivity (Wildman–Crippen MR) is 189 cm³/mol. The van der Waals surface area contributed by atoms with Crippen LogP contribution >= 0.6 is 0 Å². The molecule has 0 saturated heterocycles. The Labute approximate surface area is 311 Å². The van der Waals surface area contributed by atoms with Crippen molar-refractivity contribution in [2.75, 3.05) is 0 Å². The molecule has 0 aromatic heterocycles. The Balaban J connectivity index is 0.000000365. The Bertz CT molecular complexity index is 1420. The van der Waals surface area contributed by atoms with E-state index in [1.807, 2.05) is 0 Å². The van der Waals surface area contributed by atoms with Gasteiger partial charge in [0, 0.05) is 10.8 Å². The van der Waals surface area contributed by atoms with Crippen molar-refractivity contribution in [3.05, 3.63) is 103 Å². The van der Waals surface area contributed by atoms with Crippen LogP contribution in [0.2, 0.25) is 0 Å². The Morgan fingerprint density at radius 3 is 1.70 bits per heavy atom. The molecule has 0 spiro atoms. The summed E-state index contributed by atoms with van der Waals surface area (Å²) in [7, 11) is 0. The van der Waals surface area contributed by atoms with E-state index in [0.717, 1.165) is 0 Å². The summed E-state index contributed by atoms with van der Waals surface area (Å²) in [4.78, 5) is 0. The van der Waals surface area contributed by atoms with Gasteiger partial charge in [-0.2, -0.15) is 11.6 Å². The second-order valence-corrected chi connectivity index (χ2v) is 19.4. The van der Waals surface area contributed by atoms with Crippen molar-refractivity contribution >= 4 is 3.21 Å². The fourth-order valence-corrected chi connectivity index (χ4v) is 10.5. The minimum absolute atomic E-state index is 0. The fraction of sp³-hybridized carbons (Fsp3) is 0.581. The van der Waals surface area contributed by atoms with Gasteiger partial charge in [-0.15, -0.1) is 17.4 Å². The number of hydrogen-bond acceptors (Lipinski definition) is 0. The van der Waals surface area contributed by atoms with Crippen molar-refractivity contribution in [3.8, 4) is 0 Å². The Morgan fingerprint density at radius 2 is 1.26 bits per heavy atom. The minimum Gasteiger partial charge on any atom is -1.00 e. The molecule has 0 aromatic carbocycles. The average Bonchev–Trinajstić information content (AvgIpc) is 3.50. The molecule has 46 heavy (non-hydrogen) atoms. The van der Waals surface area contributed by atoms with E-state index in [0.29, 0.717) is 17.3 Å². The normalized spacial score (nSPS) is 43.6. The number of allylic oxidation sites excluding steroid dienone is 16. The molecule has 252 valence electrons. The molecule has 6 rings (SSSR count). The first-order valence-corrected chi connectivity index (χ1v) is 18.2. The smallest absolute Gasteiger partial charge is 1.00 e. The zero-order valence-corrected chi connectivity index (χ0v) is 35.2. The first-order valence-electron chi connectivity index (χ1n) is 17.0. The van der Waals surface area contributed by atoms with Crippen LogP contribution < -0.4 is 24.8 Å². The third-order valence-corrected chi connectivity index (χ3v) is 14.2. The van der Waals surface area contributed by atoms with Crippen LogP contribution in [0.4, 0.5) is 0 Å². The van der Waals surface area contributed by atoms with E-state index in [1.165, 1.54) is 20.8 Å². The molecule has 9 unspecified atom stereocenters. The monoisotopic (exact) mass is 736 g/mol. The van der Waals surface area contributed by atoms with Crippen LogP contribution in [-0.2, 0) is 24.2 Å². The van der Waals surface area contributed by atoms with Gasteiger partial charge in [0.05, 0.1) is 0 Å². The van der Waals surface area contributed by atoms with Gasteiger partial charge in [0.25, 0.3) is 0 Å². The molecule has 6 aliphatic rings. The summed E-state index contributed by atoms with van der Waals surface area (Å²) in [5, 5.41) is 0. The zero-order valence-electron chi connectivity index (χ0n) is 31.2. The summed E-state index contributed by atoms with van der Waals surface area (Å²) in [6, 6.07) is 0. The molecule has 0 aromatic rings. The largest absolute Gasteiger partial charge is 1.00 e. The molecule has 0 heterocycles. The van der Waals surface area contributed by atoms with Crippen molar-refractivity contribution in [3.63, 3.8) is 0 Å². The number of halogens is 2. The molecule has 0 bridgehead atoms. The summed E-state index contributed by atoms with van der Waals surface area (Å²) >= 11 is 1.55. The summed E-state index contributed by atoms with van der Waals surface area (Å²) < 4.78 is 1.51. The van der Waals surface area contributed by atoms with E-state index in [4.69, 9.17) is 0 Å². The van der Waals surface area contributed by atoms with Crippen LogP contribution in [0.25, 0.3) is 0 Å². The van der Waals surface area contributed by atoms with E-state index in [9.17, 15) is 0 Å². The molecule has 0 amide bonds. The maximum absolute atomic E-state index is 3.35. The molecule has 0 nitrogen and oxygen atoms in total. The Morgan fingerprint density at radius 1 is 0.804 bits per heavy atom. The van der Waals surface area contributed by atoms with E-state index in [-0.39, 0.29) is 62.7 Å². The van der Waals surface area contributed by atoms with Crippen molar-refractivity contribution in [2.24, 2.45) is 55.2 Å². The van der Waals surface area contributed by atoms with Crippen molar-refractivity contribution in [1.29, 1.82) is 0 Å². The molecule has 0 aliphatic heterocycles. The minimum atomic E-state index is 0. The quantitative estimate of drug-likeness (QED) is 0.301. The third kappa shape index (κ3) is 5.34. The molecule has 2 saturated carbocycles. The topological polar surface area (TPSA) is 0 Å². The summed E-state index contributed by atoms with van der Waals surface area (Å²) in [6.45, 7) is 33.5. The average molecular weight is 739 g/mol. The van der Waals surface area contributed by atoms with Crippen molar-refractivity contribution in [2.45, 2.75) is 103 Å². The van der Waals surface area contributed by atoms with Crippen LogP contribution in [0.1, 0.15) is 103 Å². The SMILES string of the molecule is CC1=CC=CC2[CH-]C3(C)C4(C)C=CC=CC4(C)C4(C)C=CC=CC4(C)C3(C)C12C.CCC1[C-]=CC(C(C)(C)C)=C1.C[C](C)=[Zr+2].[Cl-].[Cl-]. The van der Waals surface area contributed by atoms with Crippen LogP contribution in [0.15, 0.2) is 90.1 Å². The van der Waals surface area contributed by atoms with E-state index in [1.54, 1.807) is 24.2 Å². The zero-order chi connectivity index (χ0) is 33.2. The van der Waals surface area contributed by atoms with Gasteiger partial charge in [0.1, 0.15) is 0 Å². The van der Waals surface area contributed by atoms with Gasteiger partial charge < -0.3 is 31.2 Å². The Hall–Kier alpha value is -0.747. The summed E-state index contributed by atoms with van der Waals surface area (Å²) in [5.74, 6) is 1.03. The van der Waals surface area contributed by atoms with Gasteiger partial charge in [-0.3, -0.25) is 6.08 Å². The molecule has 0 N–H and O–H groups in total. The standard InChI is InChI=1S/C29H37.C11H17.C3H6.2ClH.Zr/c1-21-14-13-15-22-20-27(6)25(4)18-10-9-16-23(25,2)24(3)17-11-12-19-26(24,5)29(27,8)28(21,22)7;1-5-9-6-7-10(8-9)11(2,3)4;1-3-2;;;/h9-20,22H,1-8H3;7-9H,5H2,1-4H3;1-2H3;2*1H;/q2*-1;;;;+2/p-2. The van der Waals surface area contributed by atoms with Gasteiger partial charge >= 0.3 is 41.3 Å². The molecule has 0 radical (unpaired) electrons. The van der Waals surface area contributed by atoms with Crippen molar-refractivity contribution < 1.29 is 49.0 Å². The number of hydrogen-bond donors (Lipinski definition) is 0. The first-order chi connectivity index (χ1) is 20.2. The van der Waals surface area contributed by atoms with Crippen LogP contribution in [-0.4, -0.2) is 3.21 Å². The number of fused-ring (bicyclic) bond motifs is 8. The Kier molecular flexibility index (Phi) is 12.2. The van der Waals surface area contributed by atoms with Crippen molar-refractivity contribution in [1.82, 2.24) is 0 Å².